The Bertz CT molecular complexity index is 1440. The lowest BCUT2D eigenvalue weighted by Gasteiger charge is -2.33. The molecule has 3 aromatic rings. The number of aryl methyl sites for hydroxylation is 1. The summed E-state index contributed by atoms with van der Waals surface area (Å²) < 4.78 is 34.8. The first kappa shape index (κ1) is 31.2. The zero-order valence-corrected chi connectivity index (χ0v) is 26.0. The van der Waals surface area contributed by atoms with Crippen LogP contribution < -0.4 is 14.4 Å². The fourth-order valence-electron chi connectivity index (χ4n) is 4.01. The van der Waals surface area contributed by atoms with Crippen LogP contribution in [0.15, 0.2) is 82.2 Å². The topological polar surface area (TPSA) is 96.0 Å². The number of sulfonamides is 1. The molecule has 0 bridgehead atoms. The van der Waals surface area contributed by atoms with Crippen LogP contribution in [0.5, 0.6) is 5.75 Å². The summed E-state index contributed by atoms with van der Waals surface area (Å²) in [7, 11) is -2.70. The predicted octanol–water partition coefficient (Wildman–Crippen LogP) is 5.29. The molecule has 0 aromatic heterocycles. The summed E-state index contributed by atoms with van der Waals surface area (Å²) in [4.78, 5) is 28.5. The highest BCUT2D eigenvalue weighted by Gasteiger charge is 2.33. The number of anilines is 1. The molecular weight excluding hydrogens is 594 g/mol. The third kappa shape index (κ3) is 7.85. The Labute approximate surface area is 245 Å². The lowest BCUT2D eigenvalue weighted by molar-refractivity contribution is -0.140. The van der Waals surface area contributed by atoms with E-state index in [1.54, 1.807) is 37.3 Å². The number of ether oxygens (including phenoxy) is 1. The summed E-state index contributed by atoms with van der Waals surface area (Å²) in [6, 6.07) is 19.8. The molecule has 0 aliphatic heterocycles. The van der Waals surface area contributed by atoms with Gasteiger partial charge in [0, 0.05) is 12.1 Å². The summed E-state index contributed by atoms with van der Waals surface area (Å²) in [5.74, 6) is -0.373. The molecule has 2 amide bonds. The molecule has 0 radical (unpaired) electrons. The third-order valence-electron chi connectivity index (χ3n) is 6.17. The van der Waals surface area contributed by atoms with E-state index in [4.69, 9.17) is 4.74 Å². The second-order valence-corrected chi connectivity index (χ2v) is 13.3. The van der Waals surface area contributed by atoms with E-state index in [2.05, 4.69) is 21.2 Å². The molecule has 0 aliphatic carbocycles. The minimum atomic E-state index is -4.19. The van der Waals surface area contributed by atoms with E-state index >= 15 is 0 Å². The van der Waals surface area contributed by atoms with Crippen molar-refractivity contribution in [2.45, 2.75) is 57.6 Å². The fraction of sp³-hybridized carbons (Fsp3) is 0.333. The minimum absolute atomic E-state index is 0.0123. The van der Waals surface area contributed by atoms with Crippen LogP contribution in [0.25, 0.3) is 0 Å². The summed E-state index contributed by atoms with van der Waals surface area (Å²) in [5, 5.41) is 2.92. The van der Waals surface area contributed by atoms with Crippen LogP contribution in [-0.4, -0.2) is 50.4 Å². The van der Waals surface area contributed by atoms with Gasteiger partial charge < -0.3 is 15.0 Å². The van der Waals surface area contributed by atoms with Gasteiger partial charge in [-0.25, -0.2) is 8.42 Å². The van der Waals surface area contributed by atoms with E-state index < -0.39 is 34.1 Å². The van der Waals surface area contributed by atoms with Crippen LogP contribution >= 0.6 is 15.9 Å². The molecule has 214 valence electrons. The first-order valence-corrected chi connectivity index (χ1v) is 15.0. The summed E-state index contributed by atoms with van der Waals surface area (Å²) >= 11 is 3.36. The van der Waals surface area contributed by atoms with Crippen molar-refractivity contribution in [3.63, 3.8) is 0 Å². The van der Waals surface area contributed by atoms with Gasteiger partial charge in [0.15, 0.2) is 0 Å². The average Bonchev–Trinajstić information content (AvgIpc) is 2.90. The smallest absolute Gasteiger partial charge is 0.264 e. The van der Waals surface area contributed by atoms with Crippen molar-refractivity contribution in [3.05, 3.63) is 88.4 Å². The van der Waals surface area contributed by atoms with Gasteiger partial charge in [0.2, 0.25) is 11.8 Å². The van der Waals surface area contributed by atoms with Crippen molar-refractivity contribution in [2.75, 3.05) is 18.0 Å². The van der Waals surface area contributed by atoms with E-state index in [9.17, 15) is 18.0 Å². The van der Waals surface area contributed by atoms with Gasteiger partial charge in [-0.2, -0.15) is 0 Å². The largest absolute Gasteiger partial charge is 0.496 e. The monoisotopic (exact) mass is 629 g/mol. The van der Waals surface area contributed by atoms with Crippen LogP contribution in [-0.2, 0) is 26.2 Å². The number of nitrogens with zero attached hydrogens (tertiary/aromatic N) is 2. The van der Waals surface area contributed by atoms with Gasteiger partial charge >= 0.3 is 0 Å². The molecule has 10 heteroatoms. The zero-order chi connectivity index (χ0) is 29.7. The van der Waals surface area contributed by atoms with Crippen LogP contribution in [0.2, 0.25) is 0 Å². The number of rotatable bonds is 10. The Morgan fingerprint density at radius 3 is 2.17 bits per heavy atom. The van der Waals surface area contributed by atoms with E-state index in [-0.39, 0.29) is 17.3 Å². The molecule has 3 rings (SSSR count). The highest BCUT2D eigenvalue weighted by atomic mass is 79.9. The number of hydrogen-bond acceptors (Lipinski definition) is 5. The van der Waals surface area contributed by atoms with E-state index in [1.807, 2.05) is 58.0 Å². The van der Waals surface area contributed by atoms with Crippen LogP contribution in [0.1, 0.15) is 38.8 Å². The predicted molar refractivity (Wildman–Crippen MR) is 161 cm³/mol. The molecule has 0 fully saturated rings. The Balaban J connectivity index is 2.04. The SMILES string of the molecule is COc1ccc(S(=O)(=O)N(CC(=O)N(Cc2ccccc2)[C@H](C)C(=O)NC(C)(C)C)c2ccc(C)cc2)cc1Br. The lowest BCUT2D eigenvalue weighted by Crippen LogP contribution is -2.54. The molecule has 0 saturated carbocycles. The number of carbonyl (C=O) groups is 2. The van der Waals surface area contributed by atoms with Crippen molar-refractivity contribution < 1.29 is 22.7 Å². The van der Waals surface area contributed by atoms with E-state index in [1.165, 1.54) is 24.1 Å². The van der Waals surface area contributed by atoms with E-state index in [0.29, 0.717) is 15.9 Å². The second kappa shape index (κ2) is 12.9. The number of amides is 2. The maximum atomic E-state index is 14.0. The van der Waals surface area contributed by atoms with Crippen molar-refractivity contribution in [2.24, 2.45) is 0 Å². The van der Waals surface area contributed by atoms with Crippen LogP contribution in [0.3, 0.4) is 0 Å². The molecule has 0 heterocycles. The maximum Gasteiger partial charge on any atom is 0.264 e. The Hall–Kier alpha value is -3.37. The van der Waals surface area contributed by atoms with Crippen molar-refractivity contribution in [1.82, 2.24) is 10.2 Å². The number of methoxy groups -OCH3 is 1. The minimum Gasteiger partial charge on any atom is -0.496 e. The molecule has 0 unspecified atom stereocenters. The fourth-order valence-corrected chi connectivity index (χ4v) is 6.14. The molecule has 3 aromatic carbocycles. The average molecular weight is 631 g/mol. The quantitative estimate of drug-likeness (QED) is 0.329. The Morgan fingerprint density at radius 1 is 1.00 bits per heavy atom. The molecule has 1 N–H and O–H groups in total. The summed E-state index contributed by atoms with van der Waals surface area (Å²) in [6.45, 7) is 8.75. The summed E-state index contributed by atoms with van der Waals surface area (Å²) in [5.41, 5.74) is 1.58. The summed E-state index contributed by atoms with van der Waals surface area (Å²) in [6.07, 6.45) is 0. The first-order chi connectivity index (χ1) is 18.7. The highest BCUT2D eigenvalue weighted by molar-refractivity contribution is 9.10. The van der Waals surface area contributed by atoms with Gasteiger partial charge in [0.25, 0.3) is 10.0 Å². The molecular formula is C30H36BrN3O5S. The molecule has 40 heavy (non-hydrogen) atoms. The van der Waals surface area contributed by atoms with Gasteiger partial charge in [-0.1, -0.05) is 48.0 Å². The number of benzene rings is 3. The van der Waals surface area contributed by atoms with Crippen LogP contribution in [0.4, 0.5) is 5.69 Å². The molecule has 8 nitrogen and oxygen atoms in total. The van der Waals surface area contributed by atoms with Gasteiger partial charge in [0.05, 0.1) is 22.2 Å². The van der Waals surface area contributed by atoms with E-state index in [0.717, 1.165) is 15.4 Å². The van der Waals surface area contributed by atoms with Crippen molar-refractivity contribution in [1.29, 1.82) is 0 Å². The Morgan fingerprint density at radius 2 is 1.62 bits per heavy atom. The normalized spacial score (nSPS) is 12.4. The van der Waals surface area contributed by atoms with Gasteiger partial charge in [-0.05, 0) is 86.4 Å². The Kier molecular flexibility index (Phi) is 10.0. The number of carbonyl (C=O) groups excluding carboxylic acids is 2. The number of nitrogens with one attached hydrogen (secondary N) is 1. The number of halogens is 1. The lowest BCUT2D eigenvalue weighted by atomic mass is 10.1. The van der Waals surface area contributed by atoms with Crippen molar-refractivity contribution >= 4 is 43.5 Å². The van der Waals surface area contributed by atoms with Crippen LogP contribution in [0, 0.1) is 6.92 Å². The molecule has 0 aliphatic rings. The second-order valence-electron chi connectivity index (χ2n) is 10.6. The highest BCUT2D eigenvalue weighted by Crippen LogP contribution is 2.31. The number of hydrogen-bond donors (Lipinski definition) is 1. The maximum absolute atomic E-state index is 14.0. The third-order valence-corrected chi connectivity index (χ3v) is 8.56. The van der Waals surface area contributed by atoms with Gasteiger partial charge in [-0.15, -0.1) is 0 Å². The molecule has 0 spiro atoms. The standard InChI is InChI=1S/C30H36BrN3O5S/c1-21-12-14-24(15-13-21)34(40(37,38)25-16-17-27(39-6)26(31)18-25)20-28(35)33(19-23-10-8-7-9-11-23)22(2)29(36)32-30(3,4)5/h7-18,22H,19-20H2,1-6H3,(H,32,36)/t22-/m1/s1. The van der Waals surface area contributed by atoms with Gasteiger partial charge in [-0.3, -0.25) is 13.9 Å². The first-order valence-electron chi connectivity index (χ1n) is 12.8. The van der Waals surface area contributed by atoms with Crippen molar-refractivity contribution in [3.8, 4) is 5.75 Å². The van der Waals surface area contributed by atoms with Gasteiger partial charge in [0.1, 0.15) is 18.3 Å². The molecule has 0 saturated heterocycles. The zero-order valence-electron chi connectivity index (χ0n) is 23.6. The molecule has 1 atom stereocenters.